The van der Waals surface area contributed by atoms with Crippen LogP contribution in [-0.2, 0) is 43.0 Å². The summed E-state index contributed by atoms with van der Waals surface area (Å²) in [5.41, 5.74) is 13.5. The zero-order chi connectivity index (χ0) is 66.5. The molecular formula is C76H88N6O10. The van der Waals surface area contributed by atoms with E-state index in [1.807, 2.05) is 158 Å². The molecule has 0 radical (unpaired) electrons. The molecule has 2 fully saturated rings. The number of likely N-dealkylation sites (tertiary alicyclic amines) is 2. The third-order valence-corrected chi connectivity index (χ3v) is 17.6. The highest BCUT2D eigenvalue weighted by molar-refractivity contribution is 6.09. The molecule has 2 heterocycles. The number of aryl methyl sites for hydroxylation is 8. The molecule has 6 amide bonds. The minimum atomic E-state index is -0.677. The lowest BCUT2D eigenvalue weighted by atomic mass is 9.67. The van der Waals surface area contributed by atoms with Gasteiger partial charge in [0.1, 0.15) is 24.4 Å². The number of hydrogen-bond donors (Lipinski definition) is 4. The summed E-state index contributed by atoms with van der Waals surface area (Å²) in [5.74, 6) is -0.766. The molecule has 0 saturated carbocycles. The van der Waals surface area contributed by atoms with Crippen LogP contribution in [0.4, 0.5) is 41.9 Å². The van der Waals surface area contributed by atoms with Crippen LogP contribution in [0, 0.1) is 55.4 Å². The summed E-state index contributed by atoms with van der Waals surface area (Å²) in [4.78, 5) is 85.5. The Morgan fingerprint density at radius 1 is 0.380 bits per heavy atom. The van der Waals surface area contributed by atoms with Crippen molar-refractivity contribution in [3.8, 4) is 0 Å². The predicted octanol–water partition coefficient (Wildman–Crippen LogP) is 16.8. The Hall–Kier alpha value is -9.44. The average molecular weight is 1250 g/mol. The van der Waals surface area contributed by atoms with E-state index in [0.717, 1.165) is 77.9 Å². The molecule has 2 saturated heterocycles. The summed E-state index contributed by atoms with van der Waals surface area (Å²) < 4.78 is 22.8. The van der Waals surface area contributed by atoms with Crippen molar-refractivity contribution in [1.29, 1.82) is 0 Å². The van der Waals surface area contributed by atoms with Crippen LogP contribution in [0.2, 0.25) is 0 Å². The molecule has 0 aromatic heterocycles. The normalized spacial score (nSPS) is 14.5. The number of piperidine rings is 2. The molecule has 7 aromatic rings. The van der Waals surface area contributed by atoms with Gasteiger partial charge in [-0.2, -0.15) is 0 Å². The fourth-order valence-electron chi connectivity index (χ4n) is 13.0. The average Bonchev–Trinajstić information content (AvgIpc) is 0.756. The molecule has 0 atom stereocenters. The van der Waals surface area contributed by atoms with Crippen molar-refractivity contribution in [1.82, 2.24) is 9.80 Å². The third-order valence-electron chi connectivity index (χ3n) is 17.6. The number of nitrogens with zero attached hydrogens (tertiary/aromatic N) is 2. The molecule has 0 bridgehead atoms. The number of carbonyl (C=O) groups excluding carboxylic acids is 6. The van der Waals surface area contributed by atoms with Crippen molar-refractivity contribution >= 4 is 58.9 Å². The van der Waals surface area contributed by atoms with E-state index in [2.05, 4.69) is 69.8 Å². The van der Waals surface area contributed by atoms with Crippen LogP contribution in [0.25, 0.3) is 0 Å². The maximum Gasteiger partial charge on any atom is 0.412 e. The Kier molecular flexibility index (Phi) is 20.1. The number of anilines is 4. The van der Waals surface area contributed by atoms with Crippen LogP contribution in [0.5, 0.6) is 0 Å². The van der Waals surface area contributed by atoms with Gasteiger partial charge in [0, 0.05) is 70.9 Å². The summed E-state index contributed by atoms with van der Waals surface area (Å²) in [6.45, 7) is 28.8. The lowest BCUT2D eigenvalue weighted by Crippen LogP contribution is -2.46. The van der Waals surface area contributed by atoms with Gasteiger partial charge in [-0.3, -0.25) is 20.2 Å². The maximum absolute atomic E-state index is 14.4. The minimum Gasteiger partial charge on any atom is -0.445 e. The lowest BCUT2D eigenvalue weighted by molar-refractivity contribution is 0.0624. The standard InChI is InChI=1S/C76H88N6O10/c1-47-36-59(75(28-32-81(33-29-75)71(87)89-45-55-22-17-15-18-23-55)61-40-51(5)65(52(6)41-61)79-69(85)91-73(9,10)11)37-48(2)63(47)77-67(83)57-26-21-27-58(44-57)68(84)78-64-49(3)38-60(39-50(64)4)76(30-34-82(35-31-76)72(88)90-46-56-24-19-16-20-25-56)62-42-53(7)66(54(8)43-62)80-70(86)92-74(12,13)14/h15-27,36-44H,28-35,45-46H2,1-14H3,(H,77,83)(H,78,84)(H,79,85)(H,80,86). The van der Waals surface area contributed by atoms with Crippen LogP contribution in [0.15, 0.2) is 133 Å². The molecule has 0 unspecified atom stereocenters. The predicted molar refractivity (Wildman–Crippen MR) is 362 cm³/mol. The number of hydrogen-bond acceptors (Lipinski definition) is 10. The first-order valence-corrected chi connectivity index (χ1v) is 31.6. The van der Waals surface area contributed by atoms with Crippen LogP contribution in [0.3, 0.4) is 0 Å². The van der Waals surface area contributed by atoms with Crippen molar-refractivity contribution in [3.05, 3.63) is 222 Å². The molecule has 7 aromatic carbocycles. The highest BCUT2D eigenvalue weighted by Gasteiger charge is 2.43. The molecule has 16 nitrogen and oxygen atoms in total. The van der Waals surface area contributed by atoms with Gasteiger partial charge in [0.15, 0.2) is 0 Å². The number of ether oxygens (including phenoxy) is 4. The molecule has 4 N–H and O–H groups in total. The second-order valence-corrected chi connectivity index (χ2v) is 26.9. The van der Waals surface area contributed by atoms with Gasteiger partial charge in [-0.25, -0.2) is 19.2 Å². The number of amides is 6. The number of carbonyl (C=O) groups is 6. The summed E-state index contributed by atoms with van der Waals surface area (Å²) in [7, 11) is 0. The summed E-state index contributed by atoms with van der Waals surface area (Å²) in [6, 6.07) is 42.8. The van der Waals surface area contributed by atoms with E-state index in [0.29, 0.717) is 85.7 Å². The highest BCUT2D eigenvalue weighted by atomic mass is 16.6. The lowest BCUT2D eigenvalue weighted by Gasteiger charge is -2.43. The molecule has 482 valence electrons. The molecule has 92 heavy (non-hydrogen) atoms. The van der Waals surface area contributed by atoms with Gasteiger partial charge in [-0.1, -0.05) is 115 Å². The summed E-state index contributed by atoms with van der Waals surface area (Å²) in [6.07, 6.45) is 0.483. The van der Waals surface area contributed by atoms with E-state index in [1.54, 1.807) is 34.1 Å². The van der Waals surface area contributed by atoms with Gasteiger partial charge in [0.2, 0.25) is 0 Å². The highest BCUT2D eigenvalue weighted by Crippen LogP contribution is 2.47. The molecule has 2 aliphatic heterocycles. The second kappa shape index (κ2) is 27.6. The summed E-state index contributed by atoms with van der Waals surface area (Å²) in [5, 5.41) is 12.3. The van der Waals surface area contributed by atoms with Gasteiger partial charge in [-0.05, 0) is 219 Å². The SMILES string of the molecule is Cc1cc(C2(c3cc(C)c(NC(=O)c4cccc(C(=O)Nc5c(C)cc(C6(c7cc(C)c(NC(=O)OC(C)(C)C)c(C)c7)CCN(C(=O)OCc7ccccc7)CC6)cc5C)c4)c(C)c3)CCN(C(=O)OCc3ccccc3)CC2)cc(C)c1NC(=O)OC(C)(C)C. The van der Waals surface area contributed by atoms with E-state index in [1.165, 1.54) is 0 Å². The molecular weight excluding hydrogens is 1160 g/mol. The molecule has 9 rings (SSSR count). The first kappa shape index (κ1) is 67.0. The van der Waals surface area contributed by atoms with Crippen molar-refractivity contribution < 1.29 is 47.7 Å². The first-order valence-electron chi connectivity index (χ1n) is 31.6. The molecule has 16 heteroatoms. The number of nitrogens with one attached hydrogen (secondary N) is 4. The molecule has 0 spiro atoms. The van der Waals surface area contributed by atoms with E-state index in [9.17, 15) is 28.8 Å². The van der Waals surface area contributed by atoms with E-state index in [4.69, 9.17) is 18.9 Å². The van der Waals surface area contributed by atoms with E-state index in [-0.39, 0.29) is 37.2 Å². The van der Waals surface area contributed by atoms with Crippen LogP contribution in [0.1, 0.15) is 166 Å². The molecule has 2 aliphatic rings. The Labute approximate surface area is 541 Å². The molecule has 0 aliphatic carbocycles. The zero-order valence-corrected chi connectivity index (χ0v) is 55.7. The zero-order valence-electron chi connectivity index (χ0n) is 55.7. The van der Waals surface area contributed by atoms with E-state index >= 15 is 0 Å². The van der Waals surface area contributed by atoms with E-state index < -0.39 is 34.2 Å². The van der Waals surface area contributed by atoms with Gasteiger partial charge in [-0.15, -0.1) is 0 Å². The fourth-order valence-corrected chi connectivity index (χ4v) is 13.0. The first-order chi connectivity index (χ1) is 43.5. The second-order valence-electron chi connectivity index (χ2n) is 26.9. The number of rotatable bonds is 14. The van der Waals surface area contributed by atoms with Gasteiger partial charge in [0.25, 0.3) is 11.8 Å². The quantitative estimate of drug-likeness (QED) is 0.0761. The van der Waals surface area contributed by atoms with Crippen molar-refractivity contribution in [2.75, 3.05) is 47.4 Å². The van der Waals surface area contributed by atoms with Crippen LogP contribution in [-0.4, -0.2) is 83.4 Å². The fraction of sp³-hybridized carbons (Fsp3) is 0.368. The maximum atomic E-state index is 14.4. The Morgan fingerprint density at radius 3 is 0.924 bits per heavy atom. The smallest absolute Gasteiger partial charge is 0.412 e. The third kappa shape index (κ3) is 15.6. The number of benzene rings is 7. The summed E-state index contributed by atoms with van der Waals surface area (Å²) >= 11 is 0. The van der Waals surface area contributed by atoms with Crippen molar-refractivity contribution in [3.63, 3.8) is 0 Å². The minimum absolute atomic E-state index is 0.169. The van der Waals surface area contributed by atoms with Crippen LogP contribution < -0.4 is 21.3 Å². The van der Waals surface area contributed by atoms with Gasteiger partial charge in [0.05, 0.1) is 0 Å². The largest absolute Gasteiger partial charge is 0.445 e. The van der Waals surface area contributed by atoms with Crippen molar-refractivity contribution in [2.24, 2.45) is 0 Å². The monoisotopic (exact) mass is 1240 g/mol. The Balaban J connectivity index is 0.944. The van der Waals surface area contributed by atoms with Gasteiger partial charge >= 0.3 is 24.4 Å². The van der Waals surface area contributed by atoms with Crippen LogP contribution >= 0.6 is 0 Å². The Bertz CT molecular complexity index is 3580. The van der Waals surface area contributed by atoms with Gasteiger partial charge < -0.3 is 39.4 Å². The Morgan fingerprint density at radius 2 is 0.652 bits per heavy atom. The topological polar surface area (TPSA) is 194 Å². The van der Waals surface area contributed by atoms with Crippen molar-refractivity contribution in [2.45, 2.75) is 158 Å².